The van der Waals surface area contributed by atoms with E-state index in [4.69, 9.17) is 14.5 Å². The number of benzene rings is 1. The lowest BCUT2D eigenvalue weighted by atomic mass is 9.73. The molecule has 2 aliphatic heterocycles. The van der Waals surface area contributed by atoms with Gasteiger partial charge in [0.25, 0.3) is 5.56 Å². The lowest BCUT2D eigenvalue weighted by Crippen LogP contribution is -2.51. The van der Waals surface area contributed by atoms with Crippen molar-refractivity contribution in [1.29, 1.82) is 0 Å². The number of aliphatic hydroxyl groups excluding tert-OH is 1. The number of rotatable bonds is 6. The molecular formula is C29H30FN3O7. The second kappa shape index (κ2) is 9.18. The molecule has 0 fully saturated rings. The third-order valence-corrected chi connectivity index (χ3v) is 8.58. The maximum atomic E-state index is 15.1. The van der Waals surface area contributed by atoms with E-state index in [0.29, 0.717) is 51.8 Å². The van der Waals surface area contributed by atoms with E-state index in [-0.39, 0.29) is 56.4 Å². The third-order valence-electron chi connectivity index (χ3n) is 8.58. The molecule has 0 saturated carbocycles. The highest BCUT2D eigenvalue weighted by molar-refractivity contribution is 5.94. The van der Waals surface area contributed by atoms with Crippen molar-refractivity contribution in [2.45, 2.75) is 64.3 Å². The first-order chi connectivity index (χ1) is 19.1. The van der Waals surface area contributed by atoms with E-state index < -0.39 is 28.5 Å². The normalized spacial score (nSPS) is 22.5. The van der Waals surface area contributed by atoms with Crippen LogP contribution in [-0.2, 0) is 49.8 Å². The first-order valence-corrected chi connectivity index (χ1v) is 13.4. The zero-order valence-electron chi connectivity index (χ0n) is 22.5. The zero-order chi connectivity index (χ0) is 28.6. The molecule has 210 valence electrons. The molecular weight excluding hydrogens is 521 g/mol. The SMILES string of the molecule is CC[C@@]1(O)C(=O)OCc2c1cc1n(c2=O)Cc2c-1nc1cc(F)c(C)c3c1c2[C@@](COCCO)(NC(C)=O)CC3. The average molecular weight is 552 g/mol. The second-order valence-corrected chi connectivity index (χ2v) is 10.8. The molecule has 3 aromatic rings. The molecule has 0 unspecified atom stereocenters. The van der Waals surface area contributed by atoms with E-state index in [2.05, 4.69) is 5.32 Å². The third kappa shape index (κ3) is 3.57. The fraction of sp³-hybridized carbons (Fsp3) is 0.448. The van der Waals surface area contributed by atoms with Gasteiger partial charge in [0, 0.05) is 29.5 Å². The van der Waals surface area contributed by atoms with E-state index in [1.54, 1.807) is 19.9 Å². The standard InChI is InChI=1S/C29H30FN3O7/c1-4-29(38)19-9-22-25-17(11-33(22)26(36)18(19)12-40-27(29)37)24-23-16(14(2)20(30)10-21(23)31-25)5-6-28(24,32-15(3)35)13-39-8-7-34/h9-10,34,38H,4-8,11-13H2,1-3H3,(H,32,35)/t28-,29+/m1/s1. The lowest BCUT2D eigenvalue weighted by molar-refractivity contribution is -0.172. The number of fused-ring (bicyclic) bond motifs is 5. The predicted molar refractivity (Wildman–Crippen MR) is 141 cm³/mol. The molecule has 0 radical (unpaired) electrons. The number of aromatic nitrogens is 2. The van der Waals surface area contributed by atoms with Crippen molar-refractivity contribution in [1.82, 2.24) is 14.9 Å². The van der Waals surface area contributed by atoms with E-state index in [1.807, 2.05) is 0 Å². The fourth-order valence-electron chi connectivity index (χ4n) is 6.65. The summed E-state index contributed by atoms with van der Waals surface area (Å²) in [5, 5.41) is 24.4. The van der Waals surface area contributed by atoms with Gasteiger partial charge in [-0.1, -0.05) is 6.92 Å². The summed E-state index contributed by atoms with van der Waals surface area (Å²) in [7, 11) is 0. The fourth-order valence-corrected chi connectivity index (χ4v) is 6.65. The van der Waals surface area contributed by atoms with Gasteiger partial charge in [-0.3, -0.25) is 9.59 Å². The predicted octanol–water partition coefficient (Wildman–Crippen LogP) is 1.81. The Morgan fingerprint density at radius 1 is 1.27 bits per heavy atom. The van der Waals surface area contributed by atoms with Crippen LogP contribution in [0.25, 0.3) is 22.3 Å². The summed E-state index contributed by atoms with van der Waals surface area (Å²) in [5.74, 6) is -1.52. The smallest absolute Gasteiger partial charge is 0.343 e. The number of ether oxygens (including phenoxy) is 2. The van der Waals surface area contributed by atoms with Crippen LogP contribution in [0, 0.1) is 12.7 Å². The molecule has 6 rings (SSSR count). The molecule has 0 bridgehead atoms. The molecule has 1 aliphatic carbocycles. The van der Waals surface area contributed by atoms with Gasteiger partial charge < -0.3 is 29.6 Å². The summed E-state index contributed by atoms with van der Waals surface area (Å²) in [6.45, 7) is 4.52. The topological polar surface area (TPSA) is 140 Å². The highest BCUT2D eigenvalue weighted by Crippen LogP contribution is 2.48. The number of pyridine rings is 2. The van der Waals surface area contributed by atoms with Gasteiger partial charge in [-0.15, -0.1) is 0 Å². The molecule has 2 aromatic heterocycles. The number of carbonyl (C=O) groups excluding carboxylic acids is 2. The number of nitrogens with one attached hydrogen (secondary N) is 1. The number of aryl methyl sites for hydroxylation is 1. The van der Waals surface area contributed by atoms with Crippen LogP contribution in [0.1, 0.15) is 60.1 Å². The van der Waals surface area contributed by atoms with E-state index in [1.165, 1.54) is 17.6 Å². The maximum absolute atomic E-state index is 15.1. The largest absolute Gasteiger partial charge is 0.458 e. The van der Waals surface area contributed by atoms with Crippen LogP contribution in [0.15, 0.2) is 16.9 Å². The van der Waals surface area contributed by atoms with Gasteiger partial charge in [0.2, 0.25) is 5.91 Å². The Morgan fingerprint density at radius 2 is 2.05 bits per heavy atom. The number of aliphatic hydroxyl groups is 2. The number of amides is 1. The maximum Gasteiger partial charge on any atom is 0.343 e. The Balaban J connectivity index is 1.69. The van der Waals surface area contributed by atoms with Crippen LogP contribution in [0.4, 0.5) is 4.39 Å². The zero-order valence-corrected chi connectivity index (χ0v) is 22.5. The molecule has 3 aliphatic rings. The molecule has 10 nitrogen and oxygen atoms in total. The molecule has 4 heterocycles. The number of cyclic esters (lactones) is 1. The molecule has 2 atom stereocenters. The first-order valence-electron chi connectivity index (χ1n) is 13.4. The number of nitrogens with zero attached hydrogens (tertiary/aromatic N) is 2. The Bertz CT molecular complexity index is 1680. The minimum atomic E-state index is -1.98. The summed E-state index contributed by atoms with van der Waals surface area (Å²) in [4.78, 5) is 43.7. The van der Waals surface area contributed by atoms with Crippen LogP contribution >= 0.6 is 0 Å². The van der Waals surface area contributed by atoms with Gasteiger partial charge in [-0.2, -0.15) is 0 Å². The molecule has 1 aromatic carbocycles. The van der Waals surface area contributed by atoms with Crippen LogP contribution in [0.2, 0.25) is 0 Å². The van der Waals surface area contributed by atoms with E-state index >= 15 is 4.39 Å². The Hall–Kier alpha value is -3.67. The summed E-state index contributed by atoms with van der Waals surface area (Å²) < 4.78 is 27.6. The van der Waals surface area contributed by atoms with Crippen molar-refractivity contribution in [3.8, 4) is 11.4 Å². The minimum Gasteiger partial charge on any atom is -0.458 e. The van der Waals surface area contributed by atoms with Crippen molar-refractivity contribution in [2.24, 2.45) is 0 Å². The van der Waals surface area contributed by atoms with Crippen molar-refractivity contribution in [3.63, 3.8) is 0 Å². The summed E-state index contributed by atoms with van der Waals surface area (Å²) >= 11 is 0. The van der Waals surface area contributed by atoms with E-state index in [0.717, 1.165) is 5.56 Å². The molecule has 0 saturated heterocycles. The van der Waals surface area contributed by atoms with Crippen LogP contribution in [0.3, 0.4) is 0 Å². The van der Waals surface area contributed by atoms with Crippen molar-refractivity contribution in [2.75, 3.05) is 19.8 Å². The monoisotopic (exact) mass is 551 g/mol. The van der Waals surface area contributed by atoms with Crippen molar-refractivity contribution < 1.29 is 33.7 Å². The van der Waals surface area contributed by atoms with Gasteiger partial charge in [-0.25, -0.2) is 14.2 Å². The molecule has 40 heavy (non-hydrogen) atoms. The number of carbonyl (C=O) groups is 2. The van der Waals surface area contributed by atoms with Gasteiger partial charge in [0.05, 0.1) is 54.4 Å². The summed E-state index contributed by atoms with van der Waals surface area (Å²) in [6, 6.07) is 2.96. The molecule has 11 heteroatoms. The van der Waals surface area contributed by atoms with Crippen LogP contribution in [-0.4, -0.2) is 51.5 Å². The van der Waals surface area contributed by atoms with Crippen molar-refractivity contribution in [3.05, 3.63) is 61.7 Å². The summed E-state index contributed by atoms with van der Waals surface area (Å²) in [5.41, 5.74) is 0.766. The Morgan fingerprint density at radius 3 is 2.75 bits per heavy atom. The van der Waals surface area contributed by atoms with Gasteiger partial charge in [-0.05, 0) is 48.9 Å². The van der Waals surface area contributed by atoms with E-state index in [9.17, 15) is 24.6 Å². The Kier molecular flexibility index (Phi) is 6.10. The minimum absolute atomic E-state index is 0.00662. The molecule has 0 spiro atoms. The van der Waals surface area contributed by atoms with Crippen LogP contribution < -0.4 is 10.9 Å². The van der Waals surface area contributed by atoms with Gasteiger partial charge >= 0.3 is 5.97 Å². The number of esters is 1. The quantitative estimate of drug-likeness (QED) is 0.244. The second-order valence-electron chi connectivity index (χ2n) is 10.8. The number of halogens is 1. The number of hydrogen-bond acceptors (Lipinski definition) is 8. The highest BCUT2D eigenvalue weighted by Gasteiger charge is 2.47. The Labute approximate surface area is 228 Å². The van der Waals surface area contributed by atoms with Gasteiger partial charge in [0.15, 0.2) is 5.60 Å². The number of hydrogen-bond donors (Lipinski definition) is 3. The molecule has 3 N–H and O–H groups in total. The molecule has 1 amide bonds. The van der Waals surface area contributed by atoms with Crippen LogP contribution in [0.5, 0.6) is 0 Å². The highest BCUT2D eigenvalue weighted by atomic mass is 19.1. The average Bonchev–Trinajstić information content (AvgIpc) is 3.28. The van der Waals surface area contributed by atoms with Gasteiger partial charge in [0.1, 0.15) is 12.4 Å². The first kappa shape index (κ1) is 26.5. The lowest BCUT2D eigenvalue weighted by Gasteiger charge is -2.41. The van der Waals surface area contributed by atoms with Crippen molar-refractivity contribution >= 4 is 22.8 Å². The summed E-state index contributed by atoms with van der Waals surface area (Å²) in [6.07, 6.45) is 0.869.